The van der Waals surface area contributed by atoms with E-state index in [2.05, 4.69) is 18.7 Å². The van der Waals surface area contributed by atoms with Crippen LogP contribution in [0.25, 0.3) is 0 Å². The third-order valence-electron chi connectivity index (χ3n) is 3.29. The summed E-state index contributed by atoms with van der Waals surface area (Å²) < 4.78 is 5.31. The van der Waals surface area contributed by atoms with Crippen molar-refractivity contribution in [2.45, 2.75) is 32.2 Å². The molecule has 0 amide bonds. The van der Waals surface area contributed by atoms with Crippen LogP contribution in [0.4, 0.5) is 0 Å². The summed E-state index contributed by atoms with van der Waals surface area (Å²) in [5.74, 6) is 0. The molecular formula is C10H21NO2. The molecule has 1 heterocycles. The van der Waals surface area contributed by atoms with Crippen LogP contribution in [-0.2, 0) is 4.74 Å². The highest BCUT2D eigenvalue weighted by molar-refractivity contribution is 4.88. The molecular weight excluding hydrogens is 166 g/mol. The van der Waals surface area contributed by atoms with Crippen molar-refractivity contribution in [2.75, 3.05) is 32.9 Å². The molecule has 0 unspecified atom stereocenters. The fraction of sp³-hybridized carbons (Fsp3) is 1.00. The molecule has 0 aromatic rings. The van der Waals surface area contributed by atoms with E-state index in [9.17, 15) is 5.11 Å². The second kappa shape index (κ2) is 4.94. The van der Waals surface area contributed by atoms with Gasteiger partial charge in [-0.1, -0.05) is 13.8 Å². The van der Waals surface area contributed by atoms with Crippen LogP contribution in [0.15, 0.2) is 0 Å². The van der Waals surface area contributed by atoms with Gasteiger partial charge in [-0.3, -0.25) is 4.90 Å². The van der Waals surface area contributed by atoms with Gasteiger partial charge in [-0.05, 0) is 12.8 Å². The zero-order valence-corrected chi connectivity index (χ0v) is 8.75. The van der Waals surface area contributed by atoms with E-state index in [1.807, 2.05) is 0 Å². The van der Waals surface area contributed by atoms with E-state index >= 15 is 0 Å². The van der Waals surface area contributed by atoms with Crippen molar-refractivity contribution in [1.82, 2.24) is 4.90 Å². The number of aliphatic hydroxyl groups is 1. The van der Waals surface area contributed by atoms with Gasteiger partial charge in [0, 0.05) is 18.6 Å². The monoisotopic (exact) mass is 187 g/mol. The Morgan fingerprint density at radius 2 is 1.77 bits per heavy atom. The molecule has 0 saturated carbocycles. The van der Waals surface area contributed by atoms with Crippen molar-refractivity contribution in [1.29, 1.82) is 0 Å². The van der Waals surface area contributed by atoms with Gasteiger partial charge in [0.25, 0.3) is 0 Å². The van der Waals surface area contributed by atoms with Gasteiger partial charge in [0.15, 0.2) is 0 Å². The summed E-state index contributed by atoms with van der Waals surface area (Å²) in [7, 11) is 0. The Kier molecular flexibility index (Phi) is 4.16. The van der Waals surface area contributed by atoms with Gasteiger partial charge in [0.1, 0.15) is 0 Å². The molecule has 0 bridgehead atoms. The van der Waals surface area contributed by atoms with Crippen LogP contribution in [0, 0.1) is 0 Å². The second-order valence-electron chi connectivity index (χ2n) is 3.69. The average Bonchev–Trinajstić information content (AvgIpc) is 2.23. The molecule has 0 atom stereocenters. The number of nitrogens with zero attached hydrogens (tertiary/aromatic N) is 1. The first-order chi connectivity index (χ1) is 6.29. The van der Waals surface area contributed by atoms with E-state index in [4.69, 9.17) is 4.74 Å². The molecule has 0 spiro atoms. The Hall–Kier alpha value is -0.120. The molecule has 3 heteroatoms. The first-order valence-corrected chi connectivity index (χ1v) is 5.22. The minimum absolute atomic E-state index is 0.00375. The van der Waals surface area contributed by atoms with Crippen LogP contribution >= 0.6 is 0 Å². The lowest BCUT2D eigenvalue weighted by molar-refractivity contribution is -0.0477. The van der Waals surface area contributed by atoms with Gasteiger partial charge in [-0.15, -0.1) is 0 Å². The summed E-state index contributed by atoms with van der Waals surface area (Å²) in [5, 5.41) is 9.45. The summed E-state index contributed by atoms with van der Waals surface area (Å²) >= 11 is 0. The molecule has 1 aliphatic heterocycles. The smallest absolute Gasteiger partial charge is 0.0615 e. The summed E-state index contributed by atoms with van der Waals surface area (Å²) in [4.78, 5) is 2.37. The molecule has 0 aromatic heterocycles. The third kappa shape index (κ3) is 2.22. The van der Waals surface area contributed by atoms with Crippen LogP contribution < -0.4 is 0 Å². The first-order valence-electron chi connectivity index (χ1n) is 5.22. The molecule has 3 nitrogen and oxygen atoms in total. The fourth-order valence-corrected chi connectivity index (χ4v) is 2.06. The topological polar surface area (TPSA) is 32.7 Å². The second-order valence-corrected chi connectivity index (χ2v) is 3.69. The van der Waals surface area contributed by atoms with E-state index in [-0.39, 0.29) is 12.1 Å². The molecule has 1 N–H and O–H groups in total. The minimum Gasteiger partial charge on any atom is -0.394 e. The highest BCUT2D eigenvalue weighted by Crippen LogP contribution is 2.24. The van der Waals surface area contributed by atoms with Crippen molar-refractivity contribution in [3.8, 4) is 0 Å². The number of rotatable bonds is 4. The van der Waals surface area contributed by atoms with Crippen molar-refractivity contribution in [2.24, 2.45) is 0 Å². The number of hydrogen-bond donors (Lipinski definition) is 1. The quantitative estimate of drug-likeness (QED) is 0.709. The lowest BCUT2D eigenvalue weighted by atomic mass is 9.91. The third-order valence-corrected chi connectivity index (χ3v) is 3.29. The van der Waals surface area contributed by atoms with E-state index < -0.39 is 0 Å². The Balaban J connectivity index is 2.60. The van der Waals surface area contributed by atoms with E-state index in [0.29, 0.717) is 0 Å². The summed E-state index contributed by atoms with van der Waals surface area (Å²) in [6.07, 6.45) is 2.03. The minimum atomic E-state index is 0.00375. The van der Waals surface area contributed by atoms with Crippen molar-refractivity contribution in [3.05, 3.63) is 0 Å². The van der Waals surface area contributed by atoms with Crippen LogP contribution in [-0.4, -0.2) is 48.5 Å². The van der Waals surface area contributed by atoms with Gasteiger partial charge in [-0.25, -0.2) is 0 Å². The Bertz CT molecular complexity index is 132. The number of ether oxygens (including phenoxy) is 1. The highest BCUT2D eigenvalue weighted by atomic mass is 16.5. The Morgan fingerprint density at radius 1 is 1.23 bits per heavy atom. The lowest BCUT2D eigenvalue weighted by Gasteiger charge is -2.43. The Morgan fingerprint density at radius 3 is 2.15 bits per heavy atom. The first kappa shape index (κ1) is 11.0. The average molecular weight is 187 g/mol. The van der Waals surface area contributed by atoms with E-state index in [1.165, 1.54) is 0 Å². The standard InChI is InChI=1S/C10H21NO2/c1-3-10(4-2,9-12)11-5-7-13-8-6-11/h12H,3-9H2,1-2H3. The predicted molar refractivity (Wildman–Crippen MR) is 52.8 cm³/mol. The highest BCUT2D eigenvalue weighted by Gasteiger charge is 2.33. The van der Waals surface area contributed by atoms with Gasteiger partial charge in [0.05, 0.1) is 19.8 Å². The van der Waals surface area contributed by atoms with Crippen LogP contribution in [0.2, 0.25) is 0 Å². The maximum absolute atomic E-state index is 9.45. The van der Waals surface area contributed by atoms with Crippen LogP contribution in [0.1, 0.15) is 26.7 Å². The molecule has 78 valence electrons. The fourth-order valence-electron chi connectivity index (χ4n) is 2.06. The Labute approximate surface area is 80.7 Å². The van der Waals surface area contributed by atoms with Crippen LogP contribution in [0.5, 0.6) is 0 Å². The maximum Gasteiger partial charge on any atom is 0.0615 e. The zero-order chi connectivity index (χ0) is 9.73. The summed E-state index contributed by atoms with van der Waals surface area (Å²) in [5.41, 5.74) is 0.00375. The molecule has 0 aromatic carbocycles. The molecule has 0 radical (unpaired) electrons. The maximum atomic E-state index is 9.45. The molecule has 1 saturated heterocycles. The zero-order valence-electron chi connectivity index (χ0n) is 8.75. The van der Waals surface area contributed by atoms with Crippen molar-refractivity contribution in [3.63, 3.8) is 0 Å². The van der Waals surface area contributed by atoms with Crippen molar-refractivity contribution < 1.29 is 9.84 Å². The van der Waals surface area contributed by atoms with Crippen molar-refractivity contribution >= 4 is 0 Å². The molecule has 1 aliphatic rings. The molecule has 1 fully saturated rings. The van der Waals surface area contributed by atoms with Gasteiger partial charge >= 0.3 is 0 Å². The van der Waals surface area contributed by atoms with E-state index in [0.717, 1.165) is 39.1 Å². The number of aliphatic hydroxyl groups excluding tert-OH is 1. The number of hydrogen-bond acceptors (Lipinski definition) is 3. The SMILES string of the molecule is CCC(CC)(CO)N1CCOCC1. The molecule has 0 aliphatic carbocycles. The number of morpholine rings is 1. The van der Waals surface area contributed by atoms with E-state index in [1.54, 1.807) is 0 Å². The van der Waals surface area contributed by atoms with Gasteiger partial charge in [0.2, 0.25) is 0 Å². The molecule has 1 rings (SSSR count). The normalized spacial score (nSPS) is 20.5. The van der Waals surface area contributed by atoms with Gasteiger partial charge < -0.3 is 9.84 Å². The lowest BCUT2D eigenvalue weighted by Crippen LogP contribution is -2.55. The largest absolute Gasteiger partial charge is 0.394 e. The summed E-state index contributed by atoms with van der Waals surface area (Å²) in [6.45, 7) is 8.10. The summed E-state index contributed by atoms with van der Waals surface area (Å²) in [6, 6.07) is 0. The predicted octanol–water partition coefficient (Wildman–Crippen LogP) is 0.870. The van der Waals surface area contributed by atoms with Crippen LogP contribution in [0.3, 0.4) is 0 Å². The molecule has 13 heavy (non-hydrogen) atoms. The van der Waals surface area contributed by atoms with Gasteiger partial charge in [-0.2, -0.15) is 0 Å².